The fourth-order valence-corrected chi connectivity index (χ4v) is 1.98. The third-order valence-corrected chi connectivity index (χ3v) is 3.10. The van der Waals surface area contributed by atoms with E-state index in [0.717, 1.165) is 11.3 Å². The van der Waals surface area contributed by atoms with Crippen LogP contribution in [-0.2, 0) is 6.54 Å². The zero-order valence-electron chi connectivity index (χ0n) is 9.37. The van der Waals surface area contributed by atoms with Crippen molar-refractivity contribution in [3.8, 4) is 0 Å². The van der Waals surface area contributed by atoms with Crippen LogP contribution in [0.25, 0.3) is 0 Å². The highest BCUT2D eigenvalue weighted by Gasteiger charge is 2.02. The number of benzene rings is 1. The topological polar surface area (TPSA) is 24.9 Å². The first-order valence-corrected chi connectivity index (χ1v) is 6.01. The van der Waals surface area contributed by atoms with Gasteiger partial charge in [0, 0.05) is 24.0 Å². The standard InChI is InChI=1S/C13H12Cl2N2/c1-9-4-5-16-7-10(9)8-17-13-3-2-11(14)6-12(13)15/h2-7,17H,8H2,1H3. The van der Waals surface area contributed by atoms with Crippen LogP contribution in [0.4, 0.5) is 5.69 Å². The summed E-state index contributed by atoms with van der Waals surface area (Å²) in [5.74, 6) is 0. The van der Waals surface area contributed by atoms with Gasteiger partial charge >= 0.3 is 0 Å². The van der Waals surface area contributed by atoms with Crippen molar-refractivity contribution in [1.82, 2.24) is 4.98 Å². The Kier molecular flexibility index (Phi) is 3.87. The van der Waals surface area contributed by atoms with Crippen molar-refractivity contribution in [1.29, 1.82) is 0 Å². The van der Waals surface area contributed by atoms with Crippen LogP contribution in [0.1, 0.15) is 11.1 Å². The molecule has 0 fully saturated rings. The van der Waals surface area contributed by atoms with E-state index in [1.165, 1.54) is 5.56 Å². The van der Waals surface area contributed by atoms with Crippen molar-refractivity contribution in [2.45, 2.75) is 13.5 Å². The summed E-state index contributed by atoms with van der Waals surface area (Å²) in [7, 11) is 0. The van der Waals surface area contributed by atoms with Crippen LogP contribution in [0, 0.1) is 6.92 Å². The molecule has 0 bridgehead atoms. The fourth-order valence-electron chi connectivity index (χ4n) is 1.51. The van der Waals surface area contributed by atoms with E-state index >= 15 is 0 Å². The molecule has 0 atom stereocenters. The Hall–Kier alpha value is -1.25. The maximum atomic E-state index is 6.07. The summed E-state index contributed by atoms with van der Waals surface area (Å²) in [5.41, 5.74) is 3.23. The minimum absolute atomic E-state index is 0.624. The highest BCUT2D eigenvalue weighted by atomic mass is 35.5. The number of rotatable bonds is 3. The lowest BCUT2D eigenvalue weighted by atomic mass is 10.1. The first kappa shape index (κ1) is 12.2. The van der Waals surface area contributed by atoms with Gasteiger partial charge in [-0.15, -0.1) is 0 Å². The maximum Gasteiger partial charge on any atom is 0.0652 e. The van der Waals surface area contributed by atoms with Gasteiger partial charge in [0.15, 0.2) is 0 Å². The van der Waals surface area contributed by atoms with Gasteiger partial charge in [0.1, 0.15) is 0 Å². The number of pyridine rings is 1. The van der Waals surface area contributed by atoms with E-state index in [4.69, 9.17) is 23.2 Å². The molecule has 1 aromatic heterocycles. The number of aryl methyl sites for hydroxylation is 1. The van der Waals surface area contributed by atoms with Gasteiger partial charge < -0.3 is 5.32 Å². The van der Waals surface area contributed by atoms with E-state index in [0.29, 0.717) is 16.6 Å². The number of anilines is 1. The summed E-state index contributed by atoms with van der Waals surface area (Å²) in [4.78, 5) is 4.10. The quantitative estimate of drug-likeness (QED) is 0.896. The van der Waals surface area contributed by atoms with Crippen LogP contribution in [0.15, 0.2) is 36.7 Å². The molecule has 0 aliphatic heterocycles. The van der Waals surface area contributed by atoms with E-state index in [9.17, 15) is 0 Å². The highest BCUT2D eigenvalue weighted by molar-refractivity contribution is 6.36. The number of aromatic nitrogens is 1. The van der Waals surface area contributed by atoms with Crippen molar-refractivity contribution in [3.63, 3.8) is 0 Å². The lowest BCUT2D eigenvalue weighted by Crippen LogP contribution is -2.02. The molecular weight excluding hydrogens is 255 g/mol. The van der Waals surface area contributed by atoms with Crippen molar-refractivity contribution in [2.24, 2.45) is 0 Å². The summed E-state index contributed by atoms with van der Waals surface area (Å²) in [6.45, 7) is 2.75. The first-order valence-electron chi connectivity index (χ1n) is 5.25. The van der Waals surface area contributed by atoms with E-state index in [1.54, 1.807) is 12.3 Å². The average Bonchev–Trinajstić information content (AvgIpc) is 2.30. The van der Waals surface area contributed by atoms with Gasteiger partial charge in [-0.05, 0) is 42.3 Å². The third-order valence-electron chi connectivity index (χ3n) is 2.55. The lowest BCUT2D eigenvalue weighted by molar-refractivity contribution is 1.08. The van der Waals surface area contributed by atoms with Gasteiger partial charge in [-0.2, -0.15) is 0 Å². The molecule has 0 radical (unpaired) electrons. The molecule has 0 amide bonds. The number of nitrogens with zero attached hydrogens (tertiary/aromatic N) is 1. The molecule has 0 aliphatic carbocycles. The van der Waals surface area contributed by atoms with Crippen LogP contribution in [0.3, 0.4) is 0 Å². The van der Waals surface area contributed by atoms with E-state index in [-0.39, 0.29) is 0 Å². The van der Waals surface area contributed by atoms with Gasteiger partial charge in [0.25, 0.3) is 0 Å². The molecule has 17 heavy (non-hydrogen) atoms. The number of hydrogen-bond acceptors (Lipinski definition) is 2. The number of halogens is 2. The number of nitrogens with one attached hydrogen (secondary N) is 1. The normalized spacial score (nSPS) is 10.3. The molecule has 2 nitrogen and oxygen atoms in total. The SMILES string of the molecule is Cc1ccncc1CNc1ccc(Cl)cc1Cl. The molecule has 1 N–H and O–H groups in total. The predicted octanol–water partition coefficient (Wildman–Crippen LogP) is 4.31. The minimum atomic E-state index is 0.624. The van der Waals surface area contributed by atoms with E-state index in [1.807, 2.05) is 24.4 Å². The van der Waals surface area contributed by atoms with Gasteiger partial charge in [-0.3, -0.25) is 4.98 Å². The molecule has 2 rings (SSSR count). The van der Waals surface area contributed by atoms with Crippen molar-refractivity contribution >= 4 is 28.9 Å². The third kappa shape index (κ3) is 3.11. The lowest BCUT2D eigenvalue weighted by Gasteiger charge is -2.10. The van der Waals surface area contributed by atoms with Crippen molar-refractivity contribution in [2.75, 3.05) is 5.32 Å². The minimum Gasteiger partial charge on any atom is -0.380 e. The zero-order chi connectivity index (χ0) is 12.3. The monoisotopic (exact) mass is 266 g/mol. The Balaban J connectivity index is 2.10. The number of hydrogen-bond donors (Lipinski definition) is 1. The second-order valence-corrected chi connectivity index (χ2v) is 4.62. The van der Waals surface area contributed by atoms with Crippen LogP contribution in [0.2, 0.25) is 10.0 Å². The summed E-state index contributed by atoms with van der Waals surface area (Å²) in [6, 6.07) is 7.39. The molecule has 1 aromatic carbocycles. The van der Waals surface area contributed by atoms with Crippen LogP contribution in [-0.4, -0.2) is 4.98 Å². The highest BCUT2D eigenvalue weighted by Crippen LogP contribution is 2.25. The van der Waals surface area contributed by atoms with Gasteiger partial charge in [-0.25, -0.2) is 0 Å². The molecule has 4 heteroatoms. The summed E-state index contributed by atoms with van der Waals surface area (Å²) < 4.78 is 0. The molecule has 0 spiro atoms. The molecule has 0 unspecified atom stereocenters. The molecule has 88 valence electrons. The second kappa shape index (κ2) is 5.39. The molecule has 0 saturated carbocycles. The van der Waals surface area contributed by atoms with E-state index in [2.05, 4.69) is 17.2 Å². The fraction of sp³-hybridized carbons (Fsp3) is 0.154. The maximum absolute atomic E-state index is 6.07. The molecular formula is C13H12Cl2N2. The molecule has 0 aliphatic rings. The van der Waals surface area contributed by atoms with Gasteiger partial charge in [-0.1, -0.05) is 23.2 Å². The Bertz CT molecular complexity index is 527. The second-order valence-electron chi connectivity index (χ2n) is 3.78. The largest absolute Gasteiger partial charge is 0.380 e. The Morgan fingerprint density at radius 1 is 1.24 bits per heavy atom. The zero-order valence-corrected chi connectivity index (χ0v) is 10.9. The average molecular weight is 267 g/mol. The van der Waals surface area contributed by atoms with E-state index < -0.39 is 0 Å². The molecule has 2 aromatic rings. The van der Waals surface area contributed by atoms with Crippen LogP contribution >= 0.6 is 23.2 Å². The van der Waals surface area contributed by atoms with Crippen molar-refractivity contribution < 1.29 is 0 Å². The van der Waals surface area contributed by atoms with Crippen LogP contribution in [0.5, 0.6) is 0 Å². The first-order chi connectivity index (χ1) is 8.16. The molecule has 0 saturated heterocycles. The Morgan fingerprint density at radius 2 is 2.06 bits per heavy atom. The Labute approximate surface area is 111 Å². The summed E-state index contributed by atoms with van der Waals surface area (Å²) >= 11 is 11.9. The summed E-state index contributed by atoms with van der Waals surface area (Å²) in [5, 5.41) is 4.53. The summed E-state index contributed by atoms with van der Waals surface area (Å²) in [6.07, 6.45) is 3.64. The van der Waals surface area contributed by atoms with Gasteiger partial charge in [0.05, 0.1) is 10.7 Å². The van der Waals surface area contributed by atoms with Gasteiger partial charge in [0.2, 0.25) is 0 Å². The molecule has 1 heterocycles. The predicted molar refractivity (Wildman–Crippen MR) is 72.8 cm³/mol. The van der Waals surface area contributed by atoms with Crippen molar-refractivity contribution in [3.05, 3.63) is 57.8 Å². The smallest absolute Gasteiger partial charge is 0.0652 e. The Morgan fingerprint density at radius 3 is 2.76 bits per heavy atom. The van der Waals surface area contributed by atoms with Crippen LogP contribution < -0.4 is 5.32 Å².